The molecule has 1 N–H and O–H groups in total. The minimum absolute atomic E-state index is 0.0909. The summed E-state index contributed by atoms with van der Waals surface area (Å²) >= 11 is 0. The Morgan fingerprint density at radius 1 is 1.28 bits per heavy atom. The van der Waals surface area contributed by atoms with Gasteiger partial charge in [0.2, 0.25) is 5.88 Å². The number of nitrogens with one attached hydrogen (secondary N) is 1. The SMILES string of the molecule is COc1ccccc1CNC(=O)c1ccnc(OC2CCOCC2)c1. The Kier molecular flexibility index (Phi) is 5.85. The molecule has 1 fully saturated rings. The van der Waals surface area contributed by atoms with Gasteiger partial charge >= 0.3 is 0 Å². The van der Waals surface area contributed by atoms with Gasteiger partial charge in [0.15, 0.2) is 0 Å². The fraction of sp³-hybridized carbons (Fsp3) is 0.368. The van der Waals surface area contributed by atoms with E-state index in [1.165, 1.54) is 0 Å². The Hall–Kier alpha value is -2.60. The molecule has 0 bridgehead atoms. The number of para-hydroxylation sites is 1. The number of amides is 1. The minimum Gasteiger partial charge on any atom is -0.496 e. The van der Waals surface area contributed by atoms with Gasteiger partial charge in [-0.15, -0.1) is 0 Å². The first-order valence-corrected chi connectivity index (χ1v) is 8.37. The molecule has 0 spiro atoms. The van der Waals surface area contributed by atoms with Crippen LogP contribution < -0.4 is 14.8 Å². The highest BCUT2D eigenvalue weighted by molar-refractivity contribution is 5.94. The van der Waals surface area contributed by atoms with Crippen molar-refractivity contribution in [3.63, 3.8) is 0 Å². The van der Waals surface area contributed by atoms with Crippen LogP contribution in [0.5, 0.6) is 11.6 Å². The number of ether oxygens (including phenoxy) is 3. The zero-order chi connectivity index (χ0) is 17.5. The van der Waals surface area contributed by atoms with Crippen molar-refractivity contribution in [3.05, 3.63) is 53.7 Å². The summed E-state index contributed by atoms with van der Waals surface area (Å²) in [7, 11) is 1.61. The molecule has 1 aliphatic heterocycles. The van der Waals surface area contributed by atoms with Gasteiger partial charge in [-0.3, -0.25) is 4.79 Å². The van der Waals surface area contributed by atoms with Gasteiger partial charge in [0.25, 0.3) is 5.91 Å². The van der Waals surface area contributed by atoms with E-state index in [0.29, 0.717) is 31.2 Å². The van der Waals surface area contributed by atoms with Crippen molar-refractivity contribution >= 4 is 5.91 Å². The molecule has 1 aromatic heterocycles. The van der Waals surface area contributed by atoms with Crippen LogP contribution in [-0.2, 0) is 11.3 Å². The average molecular weight is 342 g/mol. The van der Waals surface area contributed by atoms with Crippen LogP contribution in [0.15, 0.2) is 42.6 Å². The number of carbonyl (C=O) groups is 1. The summed E-state index contributed by atoms with van der Waals surface area (Å²) in [5, 5.41) is 2.90. The van der Waals surface area contributed by atoms with Crippen LogP contribution in [0.3, 0.4) is 0 Å². The Morgan fingerprint density at radius 3 is 2.88 bits per heavy atom. The third-order valence-corrected chi connectivity index (χ3v) is 4.08. The zero-order valence-corrected chi connectivity index (χ0v) is 14.2. The number of hydrogen-bond acceptors (Lipinski definition) is 5. The topological polar surface area (TPSA) is 69.7 Å². The molecule has 25 heavy (non-hydrogen) atoms. The molecule has 2 aromatic rings. The van der Waals surface area contributed by atoms with Crippen LogP contribution in [-0.4, -0.2) is 37.3 Å². The van der Waals surface area contributed by atoms with Gasteiger partial charge in [0.1, 0.15) is 11.9 Å². The van der Waals surface area contributed by atoms with E-state index in [9.17, 15) is 4.79 Å². The number of benzene rings is 1. The van der Waals surface area contributed by atoms with E-state index in [-0.39, 0.29) is 12.0 Å². The molecule has 0 unspecified atom stereocenters. The molecule has 6 nitrogen and oxygen atoms in total. The van der Waals surface area contributed by atoms with E-state index in [1.807, 2.05) is 24.3 Å². The van der Waals surface area contributed by atoms with Crippen LogP contribution in [0, 0.1) is 0 Å². The van der Waals surface area contributed by atoms with Crippen molar-refractivity contribution in [2.45, 2.75) is 25.5 Å². The number of aromatic nitrogens is 1. The Morgan fingerprint density at radius 2 is 2.08 bits per heavy atom. The smallest absolute Gasteiger partial charge is 0.251 e. The lowest BCUT2D eigenvalue weighted by molar-refractivity contribution is 0.0237. The van der Waals surface area contributed by atoms with Crippen molar-refractivity contribution in [3.8, 4) is 11.6 Å². The Bertz CT molecular complexity index is 714. The van der Waals surface area contributed by atoms with Crippen molar-refractivity contribution in [2.24, 2.45) is 0 Å². The quantitative estimate of drug-likeness (QED) is 0.874. The predicted octanol–water partition coefficient (Wildman–Crippen LogP) is 2.58. The molecule has 132 valence electrons. The molecule has 0 saturated carbocycles. The fourth-order valence-corrected chi connectivity index (χ4v) is 2.71. The maximum atomic E-state index is 12.4. The molecule has 1 aliphatic rings. The summed E-state index contributed by atoms with van der Waals surface area (Å²) in [6.07, 6.45) is 3.36. The van der Waals surface area contributed by atoms with Crippen LogP contribution >= 0.6 is 0 Å². The van der Waals surface area contributed by atoms with Gasteiger partial charge in [0.05, 0.1) is 20.3 Å². The standard InChI is InChI=1S/C19H22N2O4/c1-23-17-5-3-2-4-15(17)13-21-19(22)14-6-9-20-18(12-14)25-16-7-10-24-11-8-16/h2-6,9,12,16H,7-8,10-11,13H2,1H3,(H,21,22). The predicted molar refractivity (Wildman–Crippen MR) is 92.9 cm³/mol. The van der Waals surface area contributed by atoms with Crippen molar-refractivity contribution in [2.75, 3.05) is 20.3 Å². The average Bonchev–Trinajstić information content (AvgIpc) is 2.67. The van der Waals surface area contributed by atoms with Gasteiger partial charge in [-0.2, -0.15) is 0 Å². The lowest BCUT2D eigenvalue weighted by atomic mass is 10.1. The maximum absolute atomic E-state index is 12.4. The highest BCUT2D eigenvalue weighted by Crippen LogP contribution is 2.18. The van der Waals surface area contributed by atoms with Gasteiger partial charge < -0.3 is 19.5 Å². The third-order valence-electron chi connectivity index (χ3n) is 4.08. The van der Waals surface area contributed by atoms with E-state index in [1.54, 1.807) is 25.4 Å². The van der Waals surface area contributed by atoms with Gasteiger partial charge in [-0.1, -0.05) is 18.2 Å². The molecule has 3 rings (SSSR count). The molecular weight excluding hydrogens is 320 g/mol. The lowest BCUT2D eigenvalue weighted by Crippen LogP contribution is -2.26. The lowest BCUT2D eigenvalue weighted by Gasteiger charge is -2.22. The van der Waals surface area contributed by atoms with E-state index in [2.05, 4.69) is 10.3 Å². The second kappa shape index (κ2) is 8.48. The van der Waals surface area contributed by atoms with Crippen LogP contribution in [0.1, 0.15) is 28.8 Å². The third kappa shape index (κ3) is 4.70. The molecule has 1 saturated heterocycles. The van der Waals surface area contributed by atoms with Crippen LogP contribution in [0.4, 0.5) is 0 Å². The van der Waals surface area contributed by atoms with E-state index in [0.717, 1.165) is 24.2 Å². The first kappa shape index (κ1) is 17.2. The molecule has 1 amide bonds. The second-order valence-corrected chi connectivity index (χ2v) is 5.81. The highest BCUT2D eigenvalue weighted by atomic mass is 16.5. The van der Waals surface area contributed by atoms with Crippen LogP contribution in [0.25, 0.3) is 0 Å². The summed E-state index contributed by atoms with van der Waals surface area (Å²) in [5.41, 5.74) is 1.44. The van der Waals surface area contributed by atoms with E-state index >= 15 is 0 Å². The summed E-state index contributed by atoms with van der Waals surface area (Å²) in [5.74, 6) is 1.04. The largest absolute Gasteiger partial charge is 0.496 e. The molecule has 0 atom stereocenters. The number of rotatable bonds is 6. The molecule has 6 heteroatoms. The summed E-state index contributed by atoms with van der Waals surface area (Å²) < 4.78 is 16.5. The summed E-state index contributed by atoms with van der Waals surface area (Å²) in [4.78, 5) is 16.6. The number of pyridine rings is 1. The summed E-state index contributed by atoms with van der Waals surface area (Å²) in [6, 6.07) is 10.9. The van der Waals surface area contributed by atoms with Gasteiger partial charge in [-0.25, -0.2) is 4.98 Å². The second-order valence-electron chi connectivity index (χ2n) is 5.81. The molecule has 1 aromatic carbocycles. The van der Waals surface area contributed by atoms with Crippen molar-refractivity contribution in [1.29, 1.82) is 0 Å². The zero-order valence-electron chi connectivity index (χ0n) is 14.2. The molecule has 0 aliphatic carbocycles. The number of nitrogens with zero attached hydrogens (tertiary/aromatic N) is 1. The number of methoxy groups -OCH3 is 1. The fourth-order valence-electron chi connectivity index (χ4n) is 2.71. The van der Waals surface area contributed by atoms with Crippen LogP contribution in [0.2, 0.25) is 0 Å². The van der Waals surface area contributed by atoms with Crippen molar-refractivity contribution in [1.82, 2.24) is 10.3 Å². The van der Waals surface area contributed by atoms with E-state index in [4.69, 9.17) is 14.2 Å². The first-order valence-electron chi connectivity index (χ1n) is 8.37. The Labute approximate surface area is 147 Å². The normalized spacial score (nSPS) is 14.8. The monoisotopic (exact) mass is 342 g/mol. The van der Waals surface area contributed by atoms with Gasteiger partial charge in [-0.05, 0) is 12.1 Å². The van der Waals surface area contributed by atoms with Crippen molar-refractivity contribution < 1.29 is 19.0 Å². The minimum atomic E-state index is -0.176. The number of hydrogen-bond donors (Lipinski definition) is 1. The highest BCUT2D eigenvalue weighted by Gasteiger charge is 2.16. The van der Waals surface area contributed by atoms with E-state index < -0.39 is 0 Å². The maximum Gasteiger partial charge on any atom is 0.251 e. The summed E-state index contributed by atoms with van der Waals surface area (Å²) in [6.45, 7) is 1.79. The molecular formula is C19H22N2O4. The van der Waals surface area contributed by atoms with Gasteiger partial charge in [0, 0.05) is 42.8 Å². The molecule has 0 radical (unpaired) electrons. The first-order chi connectivity index (χ1) is 12.3. The number of carbonyl (C=O) groups excluding carboxylic acids is 1. The molecule has 2 heterocycles. The Balaban J connectivity index is 1.61.